The van der Waals surface area contributed by atoms with E-state index in [2.05, 4.69) is 12.2 Å². The second-order valence-electron chi connectivity index (χ2n) is 5.83. The topological polar surface area (TPSA) is 55.2 Å². The minimum absolute atomic E-state index is 0.233. The SMILES string of the molecule is CC1(CNCCc2ccccc2[N+](=O)[O-])CCCC1. The lowest BCUT2D eigenvalue weighted by Crippen LogP contribution is -2.30. The summed E-state index contributed by atoms with van der Waals surface area (Å²) in [5, 5.41) is 14.4. The third-order valence-electron chi connectivity index (χ3n) is 4.12. The number of benzene rings is 1. The molecule has 1 aliphatic carbocycles. The van der Waals surface area contributed by atoms with E-state index in [0.29, 0.717) is 11.8 Å². The quantitative estimate of drug-likeness (QED) is 0.486. The van der Waals surface area contributed by atoms with Gasteiger partial charge in [0.15, 0.2) is 0 Å². The summed E-state index contributed by atoms with van der Waals surface area (Å²) in [6.45, 7) is 4.16. The minimum atomic E-state index is -0.298. The molecular formula is C15H22N2O2. The van der Waals surface area contributed by atoms with Crippen molar-refractivity contribution in [2.24, 2.45) is 5.41 Å². The van der Waals surface area contributed by atoms with Crippen LogP contribution in [0.5, 0.6) is 0 Å². The van der Waals surface area contributed by atoms with Crippen molar-refractivity contribution in [3.05, 3.63) is 39.9 Å². The van der Waals surface area contributed by atoms with Crippen molar-refractivity contribution in [2.75, 3.05) is 13.1 Å². The monoisotopic (exact) mass is 262 g/mol. The van der Waals surface area contributed by atoms with Gasteiger partial charge in [-0.1, -0.05) is 38.0 Å². The maximum atomic E-state index is 10.9. The highest BCUT2D eigenvalue weighted by molar-refractivity contribution is 5.39. The van der Waals surface area contributed by atoms with Gasteiger partial charge < -0.3 is 5.32 Å². The fourth-order valence-corrected chi connectivity index (χ4v) is 2.92. The molecule has 1 aromatic carbocycles. The van der Waals surface area contributed by atoms with E-state index in [1.807, 2.05) is 12.1 Å². The molecule has 0 unspecified atom stereocenters. The Morgan fingerprint density at radius 1 is 1.32 bits per heavy atom. The molecule has 1 fully saturated rings. The van der Waals surface area contributed by atoms with Gasteiger partial charge in [-0.25, -0.2) is 0 Å². The van der Waals surface area contributed by atoms with Crippen LogP contribution in [0.2, 0.25) is 0 Å². The highest BCUT2D eigenvalue weighted by Crippen LogP contribution is 2.36. The zero-order chi connectivity index (χ0) is 13.7. The summed E-state index contributed by atoms with van der Waals surface area (Å²) in [5.41, 5.74) is 1.48. The molecule has 0 aliphatic heterocycles. The molecule has 0 spiro atoms. The van der Waals surface area contributed by atoms with E-state index in [1.54, 1.807) is 12.1 Å². The smallest absolute Gasteiger partial charge is 0.272 e. The Labute approximate surface area is 114 Å². The van der Waals surface area contributed by atoms with Crippen LogP contribution in [0.4, 0.5) is 5.69 Å². The third kappa shape index (κ3) is 3.77. The predicted molar refractivity (Wildman–Crippen MR) is 76.2 cm³/mol. The summed E-state index contributed by atoms with van der Waals surface area (Å²) in [4.78, 5) is 10.6. The fourth-order valence-electron chi connectivity index (χ4n) is 2.92. The summed E-state index contributed by atoms with van der Waals surface area (Å²) < 4.78 is 0. The van der Waals surface area contributed by atoms with Crippen LogP contribution in [0.25, 0.3) is 0 Å². The molecular weight excluding hydrogens is 240 g/mol. The van der Waals surface area contributed by atoms with Gasteiger partial charge in [0, 0.05) is 18.2 Å². The number of hydrogen-bond donors (Lipinski definition) is 1. The van der Waals surface area contributed by atoms with Gasteiger partial charge in [-0.2, -0.15) is 0 Å². The second kappa shape index (κ2) is 6.15. The molecule has 0 amide bonds. The fraction of sp³-hybridized carbons (Fsp3) is 0.600. The Kier molecular flexibility index (Phi) is 4.53. The first-order valence-corrected chi connectivity index (χ1v) is 7.04. The van der Waals surface area contributed by atoms with Crippen molar-refractivity contribution in [3.8, 4) is 0 Å². The van der Waals surface area contributed by atoms with Crippen LogP contribution in [0.15, 0.2) is 24.3 Å². The van der Waals surface area contributed by atoms with Crippen LogP contribution in [-0.4, -0.2) is 18.0 Å². The molecule has 1 N–H and O–H groups in total. The van der Waals surface area contributed by atoms with E-state index in [-0.39, 0.29) is 10.6 Å². The molecule has 0 radical (unpaired) electrons. The van der Waals surface area contributed by atoms with Crippen molar-refractivity contribution in [1.29, 1.82) is 0 Å². The van der Waals surface area contributed by atoms with Gasteiger partial charge in [0.25, 0.3) is 5.69 Å². The molecule has 1 aromatic rings. The number of nitro benzene ring substituents is 1. The molecule has 19 heavy (non-hydrogen) atoms. The maximum absolute atomic E-state index is 10.9. The molecule has 4 heteroatoms. The lowest BCUT2D eigenvalue weighted by atomic mass is 9.89. The molecule has 2 rings (SSSR count). The lowest BCUT2D eigenvalue weighted by molar-refractivity contribution is -0.385. The standard InChI is InChI=1S/C15H22N2O2/c1-15(9-4-5-10-15)12-16-11-8-13-6-2-3-7-14(13)17(18)19/h2-3,6-7,16H,4-5,8-12H2,1H3. The largest absolute Gasteiger partial charge is 0.316 e. The van der Waals surface area contributed by atoms with Crippen molar-refractivity contribution >= 4 is 5.69 Å². The summed E-state index contributed by atoms with van der Waals surface area (Å²) >= 11 is 0. The first-order chi connectivity index (χ1) is 9.11. The van der Waals surface area contributed by atoms with Gasteiger partial charge in [-0.3, -0.25) is 10.1 Å². The summed E-state index contributed by atoms with van der Waals surface area (Å²) in [6, 6.07) is 7.00. The normalized spacial score (nSPS) is 17.5. The van der Waals surface area contributed by atoms with E-state index < -0.39 is 0 Å². The van der Waals surface area contributed by atoms with E-state index in [9.17, 15) is 10.1 Å². The number of nitro groups is 1. The highest BCUT2D eigenvalue weighted by atomic mass is 16.6. The van der Waals surface area contributed by atoms with Crippen LogP contribution in [-0.2, 0) is 6.42 Å². The lowest BCUT2D eigenvalue weighted by Gasteiger charge is -2.23. The van der Waals surface area contributed by atoms with Gasteiger partial charge >= 0.3 is 0 Å². The number of hydrogen-bond acceptors (Lipinski definition) is 3. The highest BCUT2D eigenvalue weighted by Gasteiger charge is 2.27. The number of rotatable bonds is 6. The molecule has 0 atom stereocenters. The van der Waals surface area contributed by atoms with E-state index in [4.69, 9.17) is 0 Å². The minimum Gasteiger partial charge on any atom is -0.316 e. The Bertz CT molecular complexity index is 440. The first-order valence-electron chi connectivity index (χ1n) is 7.04. The van der Waals surface area contributed by atoms with Crippen molar-refractivity contribution in [3.63, 3.8) is 0 Å². The van der Waals surface area contributed by atoms with Crippen LogP contribution in [0.1, 0.15) is 38.2 Å². The third-order valence-corrected chi connectivity index (χ3v) is 4.12. The Morgan fingerprint density at radius 2 is 2.00 bits per heavy atom. The number of nitrogens with zero attached hydrogens (tertiary/aromatic N) is 1. The average molecular weight is 262 g/mol. The molecule has 0 saturated heterocycles. The van der Waals surface area contributed by atoms with E-state index in [0.717, 1.165) is 18.7 Å². The number of para-hydroxylation sites is 1. The van der Waals surface area contributed by atoms with Gasteiger partial charge in [-0.15, -0.1) is 0 Å². The molecule has 104 valence electrons. The Morgan fingerprint density at radius 3 is 2.68 bits per heavy atom. The zero-order valence-electron chi connectivity index (χ0n) is 11.5. The maximum Gasteiger partial charge on any atom is 0.272 e. The molecule has 1 saturated carbocycles. The van der Waals surface area contributed by atoms with Crippen LogP contribution < -0.4 is 5.32 Å². The zero-order valence-corrected chi connectivity index (χ0v) is 11.5. The van der Waals surface area contributed by atoms with Crippen LogP contribution in [0.3, 0.4) is 0 Å². The van der Waals surface area contributed by atoms with Crippen molar-refractivity contribution < 1.29 is 4.92 Å². The van der Waals surface area contributed by atoms with Gasteiger partial charge in [-0.05, 0) is 31.2 Å². The molecule has 0 aromatic heterocycles. The molecule has 0 heterocycles. The van der Waals surface area contributed by atoms with Gasteiger partial charge in [0.05, 0.1) is 4.92 Å². The van der Waals surface area contributed by atoms with Crippen molar-refractivity contribution in [1.82, 2.24) is 5.32 Å². The van der Waals surface area contributed by atoms with Crippen LogP contribution in [0, 0.1) is 15.5 Å². The summed E-state index contributed by atoms with van der Waals surface area (Å²) in [5.74, 6) is 0. The van der Waals surface area contributed by atoms with Gasteiger partial charge in [0.2, 0.25) is 0 Å². The average Bonchev–Trinajstić information content (AvgIpc) is 2.82. The Balaban J connectivity index is 1.81. The first kappa shape index (κ1) is 14.0. The van der Waals surface area contributed by atoms with E-state index >= 15 is 0 Å². The summed E-state index contributed by atoms with van der Waals surface area (Å²) in [6.07, 6.45) is 5.98. The molecule has 4 nitrogen and oxygen atoms in total. The number of nitrogens with one attached hydrogen (secondary N) is 1. The second-order valence-corrected chi connectivity index (χ2v) is 5.83. The predicted octanol–water partition coefficient (Wildman–Crippen LogP) is 3.31. The van der Waals surface area contributed by atoms with E-state index in [1.165, 1.54) is 25.7 Å². The summed E-state index contributed by atoms with van der Waals surface area (Å²) in [7, 11) is 0. The van der Waals surface area contributed by atoms with Gasteiger partial charge in [0.1, 0.15) is 0 Å². The molecule has 1 aliphatic rings. The van der Waals surface area contributed by atoms with Crippen molar-refractivity contribution in [2.45, 2.75) is 39.0 Å². The van der Waals surface area contributed by atoms with Crippen LogP contribution >= 0.6 is 0 Å². The Hall–Kier alpha value is -1.42. The molecule has 0 bridgehead atoms.